The number of hydrogen-bond acceptors (Lipinski definition) is 4. The molecule has 0 fully saturated rings. The highest BCUT2D eigenvalue weighted by Gasteiger charge is 2.19. The summed E-state index contributed by atoms with van der Waals surface area (Å²) in [6, 6.07) is 5.81. The Balaban J connectivity index is 2.13. The van der Waals surface area contributed by atoms with Gasteiger partial charge in [0.05, 0.1) is 0 Å². The van der Waals surface area contributed by atoms with Gasteiger partial charge in [-0.05, 0) is 25.5 Å². The first kappa shape index (κ1) is 11.0. The standard InChI is InChI=1S/C12H10ClN3S/c1-7-3-2-4-9(14-7)11-15-10(13)8-5-6-17-12(8)16-11/h2-4H,5-6H2,1H3. The van der Waals surface area contributed by atoms with Crippen LogP contribution in [-0.4, -0.2) is 20.7 Å². The van der Waals surface area contributed by atoms with Gasteiger partial charge in [-0.1, -0.05) is 17.7 Å². The molecule has 3 nitrogen and oxygen atoms in total. The first-order valence-electron chi connectivity index (χ1n) is 5.37. The largest absolute Gasteiger partial charge is 0.250 e. The van der Waals surface area contributed by atoms with Crippen LogP contribution in [0.1, 0.15) is 11.3 Å². The van der Waals surface area contributed by atoms with E-state index in [-0.39, 0.29) is 0 Å². The third kappa shape index (κ3) is 2.03. The number of pyridine rings is 1. The van der Waals surface area contributed by atoms with E-state index < -0.39 is 0 Å². The van der Waals surface area contributed by atoms with Crippen molar-refractivity contribution in [3.05, 3.63) is 34.6 Å². The molecular weight excluding hydrogens is 254 g/mol. The Bertz CT molecular complexity index is 586. The minimum Gasteiger partial charge on any atom is -0.250 e. The van der Waals surface area contributed by atoms with Crippen LogP contribution in [-0.2, 0) is 6.42 Å². The minimum atomic E-state index is 0.568. The number of hydrogen-bond donors (Lipinski definition) is 0. The predicted molar refractivity (Wildman–Crippen MR) is 69.4 cm³/mol. The number of rotatable bonds is 1. The first-order chi connectivity index (χ1) is 8.24. The fraction of sp³-hybridized carbons (Fsp3) is 0.250. The summed E-state index contributed by atoms with van der Waals surface area (Å²) in [7, 11) is 0. The van der Waals surface area contributed by atoms with Crippen LogP contribution in [0.2, 0.25) is 5.15 Å². The van der Waals surface area contributed by atoms with E-state index in [1.807, 2.05) is 25.1 Å². The van der Waals surface area contributed by atoms with Crippen LogP contribution in [0.25, 0.3) is 11.5 Å². The lowest BCUT2D eigenvalue weighted by molar-refractivity contribution is 0.980. The summed E-state index contributed by atoms with van der Waals surface area (Å²) in [5, 5.41) is 1.57. The van der Waals surface area contributed by atoms with Crippen LogP contribution < -0.4 is 0 Å². The molecule has 0 N–H and O–H groups in total. The van der Waals surface area contributed by atoms with Gasteiger partial charge in [0.2, 0.25) is 0 Å². The van der Waals surface area contributed by atoms with E-state index in [1.165, 1.54) is 0 Å². The van der Waals surface area contributed by atoms with Gasteiger partial charge in [-0.2, -0.15) is 0 Å². The molecule has 3 heterocycles. The van der Waals surface area contributed by atoms with Crippen molar-refractivity contribution in [2.75, 3.05) is 5.75 Å². The molecule has 0 atom stereocenters. The molecule has 0 bridgehead atoms. The summed E-state index contributed by atoms with van der Waals surface area (Å²) < 4.78 is 0. The molecule has 0 radical (unpaired) electrons. The molecule has 86 valence electrons. The van der Waals surface area contributed by atoms with Crippen molar-refractivity contribution >= 4 is 23.4 Å². The van der Waals surface area contributed by atoms with Crippen molar-refractivity contribution in [3.63, 3.8) is 0 Å². The van der Waals surface area contributed by atoms with Crippen LogP contribution in [0.15, 0.2) is 23.2 Å². The summed E-state index contributed by atoms with van der Waals surface area (Å²) >= 11 is 7.90. The van der Waals surface area contributed by atoms with Gasteiger partial charge in [0.1, 0.15) is 15.9 Å². The van der Waals surface area contributed by atoms with Gasteiger partial charge >= 0.3 is 0 Å². The second kappa shape index (κ2) is 4.27. The Morgan fingerprint density at radius 3 is 2.94 bits per heavy atom. The summed E-state index contributed by atoms with van der Waals surface area (Å²) in [4.78, 5) is 13.3. The van der Waals surface area contributed by atoms with Crippen LogP contribution >= 0.6 is 23.4 Å². The van der Waals surface area contributed by atoms with Gasteiger partial charge in [0, 0.05) is 17.0 Å². The summed E-state index contributed by atoms with van der Waals surface area (Å²) in [6.45, 7) is 1.95. The van der Waals surface area contributed by atoms with Gasteiger partial charge in [-0.25, -0.2) is 15.0 Å². The van der Waals surface area contributed by atoms with Gasteiger partial charge in [0.15, 0.2) is 5.82 Å². The second-order valence-electron chi connectivity index (χ2n) is 3.88. The SMILES string of the molecule is Cc1cccc(-c2nc(Cl)c3c(n2)SCC3)n1. The zero-order valence-electron chi connectivity index (χ0n) is 9.27. The Hall–Kier alpha value is -1.13. The van der Waals surface area contributed by atoms with E-state index in [0.717, 1.165) is 34.2 Å². The lowest BCUT2D eigenvalue weighted by Gasteiger charge is -2.04. The predicted octanol–water partition coefficient (Wildman–Crippen LogP) is 3.15. The minimum absolute atomic E-state index is 0.568. The quantitative estimate of drug-likeness (QED) is 0.741. The maximum absolute atomic E-state index is 6.17. The molecule has 0 spiro atoms. The molecule has 3 rings (SSSR count). The van der Waals surface area contributed by atoms with Crippen molar-refractivity contribution in [3.8, 4) is 11.5 Å². The Morgan fingerprint density at radius 1 is 1.24 bits per heavy atom. The number of thioether (sulfide) groups is 1. The van der Waals surface area contributed by atoms with Crippen LogP contribution in [0.4, 0.5) is 0 Å². The third-order valence-corrected chi connectivity index (χ3v) is 3.96. The molecule has 2 aromatic rings. The lowest BCUT2D eigenvalue weighted by Crippen LogP contribution is -1.97. The molecule has 0 amide bonds. The topological polar surface area (TPSA) is 38.7 Å². The monoisotopic (exact) mass is 263 g/mol. The van der Waals surface area contributed by atoms with Crippen LogP contribution in [0.3, 0.4) is 0 Å². The van der Waals surface area contributed by atoms with Crippen molar-refractivity contribution in [1.82, 2.24) is 15.0 Å². The number of nitrogens with zero attached hydrogens (tertiary/aromatic N) is 3. The van der Waals surface area contributed by atoms with E-state index >= 15 is 0 Å². The number of halogens is 1. The Labute approximate surface area is 109 Å². The third-order valence-electron chi connectivity index (χ3n) is 2.63. The molecule has 1 aliphatic rings. The van der Waals surface area contributed by atoms with Crippen molar-refractivity contribution < 1.29 is 0 Å². The molecule has 5 heteroatoms. The first-order valence-corrected chi connectivity index (χ1v) is 6.73. The number of aryl methyl sites for hydroxylation is 1. The fourth-order valence-corrected chi connectivity index (χ4v) is 3.14. The maximum atomic E-state index is 6.17. The smallest absolute Gasteiger partial charge is 0.180 e. The van der Waals surface area contributed by atoms with Crippen molar-refractivity contribution in [2.24, 2.45) is 0 Å². The molecule has 0 unspecified atom stereocenters. The lowest BCUT2D eigenvalue weighted by atomic mass is 10.2. The van der Waals surface area contributed by atoms with E-state index in [0.29, 0.717) is 11.0 Å². The van der Waals surface area contributed by atoms with Gasteiger partial charge in [-0.3, -0.25) is 0 Å². The van der Waals surface area contributed by atoms with Gasteiger partial charge < -0.3 is 0 Å². The van der Waals surface area contributed by atoms with Crippen LogP contribution in [0.5, 0.6) is 0 Å². The van der Waals surface area contributed by atoms with Crippen molar-refractivity contribution in [1.29, 1.82) is 0 Å². The Kier molecular flexibility index (Phi) is 2.76. The van der Waals surface area contributed by atoms with E-state index in [1.54, 1.807) is 11.8 Å². The average molecular weight is 264 g/mol. The molecule has 0 aromatic carbocycles. The van der Waals surface area contributed by atoms with Gasteiger partial charge in [-0.15, -0.1) is 11.8 Å². The van der Waals surface area contributed by atoms with E-state index in [9.17, 15) is 0 Å². The number of aromatic nitrogens is 3. The maximum Gasteiger partial charge on any atom is 0.180 e. The molecule has 0 saturated carbocycles. The van der Waals surface area contributed by atoms with E-state index in [2.05, 4.69) is 15.0 Å². The fourth-order valence-electron chi connectivity index (χ4n) is 1.80. The highest BCUT2D eigenvalue weighted by molar-refractivity contribution is 7.99. The summed E-state index contributed by atoms with van der Waals surface area (Å²) in [6.07, 6.45) is 0.959. The molecule has 0 aliphatic carbocycles. The molecular formula is C12H10ClN3S. The van der Waals surface area contributed by atoms with E-state index in [4.69, 9.17) is 11.6 Å². The Morgan fingerprint density at radius 2 is 2.12 bits per heavy atom. The molecule has 0 saturated heterocycles. The summed E-state index contributed by atoms with van der Waals surface area (Å²) in [5.74, 6) is 1.65. The second-order valence-corrected chi connectivity index (χ2v) is 5.33. The summed E-state index contributed by atoms with van der Waals surface area (Å²) in [5.41, 5.74) is 2.81. The highest BCUT2D eigenvalue weighted by atomic mass is 35.5. The number of fused-ring (bicyclic) bond motifs is 1. The highest BCUT2D eigenvalue weighted by Crippen LogP contribution is 2.34. The normalized spacial score (nSPS) is 13.8. The molecule has 17 heavy (non-hydrogen) atoms. The molecule has 2 aromatic heterocycles. The zero-order valence-corrected chi connectivity index (χ0v) is 10.8. The van der Waals surface area contributed by atoms with Crippen LogP contribution in [0, 0.1) is 6.92 Å². The van der Waals surface area contributed by atoms with Gasteiger partial charge in [0.25, 0.3) is 0 Å². The zero-order chi connectivity index (χ0) is 11.8. The van der Waals surface area contributed by atoms with Crippen molar-refractivity contribution in [2.45, 2.75) is 18.4 Å². The molecule has 1 aliphatic heterocycles. The average Bonchev–Trinajstić information content (AvgIpc) is 2.77.